The first kappa shape index (κ1) is 23.7. The van der Waals surface area contributed by atoms with Crippen molar-refractivity contribution >= 4 is 29.1 Å². The number of para-hydroxylation sites is 1. The van der Waals surface area contributed by atoms with Gasteiger partial charge in [0.25, 0.3) is 11.7 Å². The number of rotatable bonds is 6. The van der Waals surface area contributed by atoms with Gasteiger partial charge in [-0.2, -0.15) is 0 Å². The van der Waals surface area contributed by atoms with Gasteiger partial charge in [0.2, 0.25) is 0 Å². The third kappa shape index (κ3) is 4.50. The summed E-state index contributed by atoms with van der Waals surface area (Å²) >= 11 is 0. The lowest BCUT2D eigenvalue weighted by atomic mass is 9.97. The van der Waals surface area contributed by atoms with Crippen LogP contribution in [0.2, 0.25) is 0 Å². The number of amides is 1. The molecule has 1 amide bonds. The number of esters is 1. The normalized spacial score (nSPS) is 17.0. The number of carbonyl (C=O) groups is 3. The van der Waals surface area contributed by atoms with E-state index in [4.69, 9.17) is 9.47 Å². The van der Waals surface area contributed by atoms with Gasteiger partial charge in [-0.1, -0.05) is 18.2 Å². The van der Waals surface area contributed by atoms with Gasteiger partial charge in [0.1, 0.15) is 17.6 Å². The van der Waals surface area contributed by atoms with Gasteiger partial charge in [-0.15, -0.1) is 0 Å². The van der Waals surface area contributed by atoms with Crippen LogP contribution in [0.3, 0.4) is 0 Å². The molecule has 1 unspecified atom stereocenters. The fraction of sp³-hybridized carbons (Fsp3) is 0.185. The summed E-state index contributed by atoms with van der Waals surface area (Å²) in [6.07, 6.45) is 1.27. The maximum Gasteiger partial charge on any atom is 0.338 e. The Kier molecular flexibility index (Phi) is 6.64. The summed E-state index contributed by atoms with van der Waals surface area (Å²) in [4.78, 5) is 44.3. The summed E-state index contributed by atoms with van der Waals surface area (Å²) in [5.74, 6) is -2.19. The van der Waals surface area contributed by atoms with Crippen LogP contribution in [-0.4, -0.2) is 41.0 Å². The number of nitrogens with zero attached hydrogens (tertiary/aromatic N) is 2. The average Bonchev–Trinajstić information content (AvgIpc) is 3.14. The van der Waals surface area contributed by atoms with Gasteiger partial charge in [-0.25, -0.2) is 4.79 Å². The van der Waals surface area contributed by atoms with Gasteiger partial charge in [-0.05, 0) is 62.4 Å². The molecule has 178 valence electrons. The van der Waals surface area contributed by atoms with E-state index in [0.29, 0.717) is 22.7 Å². The van der Waals surface area contributed by atoms with Gasteiger partial charge in [0, 0.05) is 11.9 Å². The Morgan fingerprint density at radius 2 is 1.69 bits per heavy atom. The van der Waals surface area contributed by atoms with Gasteiger partial charge in [-0.3, -0.25) is 19.5 Å². The van der Waals surface area contributed by atoms with Gasteiger partial charge >= 0.3 is 5.97 Å². The zero-order valence-electron chi connectivity index (χ0n) is 19.5. The summed E-state index contributed by atoms with van der Waals surface area (Å²) < 4.78 is 10.6. The van der Waals surface area contributed by atoms with Crippen LogP contribution in [0.1, 0.15) is 41.5 Å². The van der Waals surface area contributed by atoms with E-state index in [-0.39, 0.29) is 23.0 Å². The number of benzene rings is 2. The quantitative estimate of drug-likeness (QED) is 0.247. The lowest BCUT2D eigenvalue weighted by Gasteiger charge is -2.25. The molecule has 1 aromatic heterocycles. The molecule has 0 bridgehead atoms. The maximum absolute atomic E-state index is 13.2. The number of aliphatic hydroxyl groups excluding tert-OH is 1. The molecular formula is C27H24N2O6. The molecule has 0 aliphatic carbocycles. The summed E-state index contributed by atoms with van der Waals surface area (Å²) in [5, 5.41) is 11.2. The Balaban J connectivity index is 1.85. The molecule has 0 saturated carbocycles. The van der Waals surface area contributed by atoms with E-state index in [1.165, 1.54) is 24.1 Å². The van der Waals surface area contributed by atoms with E-state index in [9.17, 15) is 19.5 Å². The minimum atomic E-state index is -0.991. The standard InChI is InChI=1S/C27H24N2O6/c1-16(2)35-27(33)17-11-13-18(14-12-17)29-23(20-9-6-7-15-28-20)22(25(31)26(29)32)24(30)19-8-4-5-10-21(19)34-3/h4-16,23,30H,1-3H3/b24-22+. The van der Waals surface area contributed by atoms with Crippen molar-refractivity contribution in [2.24, 2.45) is 0 Å². The van der Waals surface area contributed by atoms with Crippen molar-refractivity contribution in [2.45, 2.75) is 26.0 Å². The van der Waals surface area contributed by atoms with E-state index >= 15 is 0 Å². The number of aromatic nitrogens is 1. The molecule has 1 atom stereocenters. The van der Waals surface area contributed by atoms with Crippen LogP contribution in [0, 0.1) is 0 Å². The number of carbonyl (C=O) groups excluding carboxylic acids is 3. The first-order chi connectivity index (χ1) is 16.8. The van der Waals surface area contributed by atoms with Crippen LogP contribution < -0.4 is 9.64 Å². The number of anilines is 1. The average molecular weight is 472 g/mol. The number of methoxy groups -OCH3 is 1. The van der Waals surface area contributed by atoms with Gasteiger partial charge in [0.15, 0.2) is 0 Å². The minimum absolute atomic E-state index is 0.110. The molecule has 0 spiro atoms. The Morgan fingerprint density at radius 3 is 2.31 bits per heavy atom. The third-order valence-corrected chi connectivity index (χ3v) is 5.50. The molecule has 8 heteroatoms. The Bertz CT molecular complexity index is 1300. The van der Waals surface area contributed by atoms with Crippen LogP contribution in [0.5, 0.6) is 5.75 Å². The smallest absolute Gasteiger partial charge is 0.338 e. The number of hydrogen-bond donors (Lipinski definition) is 1. The van der Waals surface area contributed by atoms with Crippen molar-refractivity contribution in [3.05, 3.63) is 95.3 Å². The van der Waals surface area contributed by atoms with E-state index in [1.54, 1.807) is 74.6 Å². The Labute approximate surface area is 202 Å². The van der Waals surface area contributed by atoms with Crippen molar-refractivity contribution < 1.29 is 29.0 Å². The topological polar surface area (TPSA) is 106 Å². The molecule has 3 aromatic rings. The summed E-state index contributed by atoms with van der Waals surface area (Å²) in [5.41, 5.74) is 1.24. The van der Waals surface area contributed by atoms with Crippen molar-refractivity contribution in [3.8, 4) is 5.75 Å². The van der Waals surface area contributed by atoms with Crippen molar-refractivity contribution in [3.63, 3.8) is 0 Å². The second-order valence-electron chi connectivity index (χ2n) is 8.12. The number of aliphatic hydroxyl groups is 1. The number of Topliss-reactive ketones (excluding diaryl/α,β-unsaturated/α-hetero) is 1. The van der Waals surface area contributed by atoms with Crippen LogP contribution in [0.25, 0.3) is 5.76 Å². The molecule has 1 aliphatic rings. The Morgan fingerprint density at radius 1 is 1.00 bits per heavy atom. The maximum atomic E-state index is 13.2. The molecule has 8 nitrogen and oxygen atoms in total. The number of hydrogen-bond acceptors (Lipinski definition) is 7. The fourth-order valence-electron chi connectivity index (χ4n) is 3.94. The van der Waals surface area contributed by atoms with Gasteiger partial charge < -0.3 is 14.6 Å². The number of pyridine rings is 1. The van der Waals surface area contributed by atoms with Crippen molar-refractivity contribution in [1.82, 2.24) is 4.98 Å². The van der Waals surface area contributed by atoms with Crippen LogP contribution in [0.15, 0.2) is 78.5 Å². The molecule has 1 aliphatic heterocycles. The van der Waals surface area contributed by atoms with E-state index in [1.807, 2.05) is 0 Å². The lowest BCUT2D eigenvalue weighted by molar-refractivity contribution is -0.132. The predicted molar refractivity (Wildman–Crippen MR) is 129 cm³/mol. The third-order valence-electron chi connectivity index (χ3n) is 5.50. The summed E-state index contributed by atoms with van der Waals surface area (Å²) in [6, 6.07) is 17.0. The first-order valence-corrected chi connectivity index (χ1v) is 11.0. The summed E-state index contributed by atoms with van der Waals surface area (Å²) in [7, 11) is 1.45. The van der Waals surface area contributed by atoms with E-state index in [2.05, 4.69) is 4.98 Å². The predicted octanol–water partition coefficient (Wildman–Crippen LogP) is 4.28. The molecular weight excluding hydrogens is 448 g/mol. The molecule has 0 radical (unpaired) electrons. The highest BCUT2D eigenvalue weighted by molar-refractivity contribution is 6.51. The van der Waals surface area contributed by atoms with E-state index < -0.39 is 23.7 Å². The molecule has 1 saturated heterocycles. The van der Waals surface area contributed by atoms with Crippen molar-refractivity contribution in [1.29, 1.82) is 0 Å². The zero-order valence-corrected chi connectivity index (χ0v) is 19.5. The second kappa shape index (κ2) is 9.80. The lowest BCUT2D eigenvalue weighted by Crippen LogP contribution is -2.29. The van der Waals surface area contributed by atoms with Crippen LogP contribution >= 0.6 is 0 Å². The van der Waals surface area contributed by atoms with Crippen LogP contribution in [-0.2, 0) is 14.3 Å². The highest BCUT2D eigenvalue weighted by Crippen LogP contribution is 2.42. The van der Waals surface area contributed by atoms with Crippen LogP contribution in [0.4, 0.5) is 5.69 Å². The summed E-state index contributed by atoms with van der Waals surface area (Å²) in [6.45, 7) is 3.50. The largest absolute Gasteiger partial charge is 0.507 e. The molecule has 4 rings (SSSR count). The molecule has 1 N–H and O–H groups in total. The minimum Gasteiger partial charge on any atom is -0.507 e. The number of ether oxygens (including phenoxy) is 2. The molecule has 2 heterocycles. The number of ketones is 1. The molecule has 35 heavy (non-hydrogen) atoms. The highest BCUT2D eigenvalue weighted by atomic mass is 16.5. The monoisotopic (exact) mass is 472 g/mol. The van der Waals surface area contributed by atoms with Gasteiger partial charge in [0.05, 0.1) is 35.6 Å². The first-order valence-electron chi connectivity index (χ1n) is 11.0. The molecule has 1 fully saturated rings. The highest BCUT2D eigenvalue weighted by Gasteiger charge is 2.47. The molecule has 2 aromatic carbocycles. The second-order valence-corrected chi connectivity index (χ2v) is 8.12. The van der Waals surface area contributed by atoms with Crippen molar-refractivity contribution in [2.75, 3.05) is 12.0 Å². The Hall–Kier alpha value is -4.46. The zero-order chi connectivity index (χ0) is 25.1. The fourth-order valence-corrected chi connectivity index (χ4v) is 3.94. The van der Waals surface area contributed by atoms with E-state index in [0.717, 1.165) is 0 Å². The SMILES string of the molecule is COc1ccccc1/C(O)=C1\C(=O)C(=O)N(c2ccc(C(=O)OC(C)C)cc2)C1c1ccccn1.